The Morgan fingerprint density at radius 1 is 1.32 bits per heavy atom. The minimum Gasteiger partial charge on any atom is -0.333 e. The molecule has 2 fully saturated rings. The van der Waals surface area contributed by atoms with Gasteiger partial charge >= 0.3 is 0 Å². The van der Waals surface area contributed by atoms with Gasteiger partial charge in [0.15, 0.2) is 0 Å². The molecule has 0 saturated heterocycles. The third-order valence-electron chi connectivity index (χ3n) is 4.47. The number of nitrogens with two attached hydrogens (primary N) is 1. The van der Waals surface area contributed by atoms with E-state index in [1.165, 1.54) is 44.5 Å². The van der Waals surface area contributed by atoms with Crippen LogP contribution in [0.1, 0.15) is 44.3 Å². The average molecular weight is 262 g/mol. The van der Waals surface area contributed by atoms with Crippen molar-refractivity contribution in [2.24, 2.45) is 17.6 Å². The van der Waals surface area contributed by atoms with Crippen molar-refractivity contribution < 1.29 is 0 Å². The fourth-order valence-electron chi connectivity index (χ4n) is 2.92. The molecule has 2 saturated carbocycles. The van der Waals surface area contributed by atoms with Crippen molar-refractivity contribution in [2.75, 3.05) is 19.6 Å². The Labute approximate surface area is 116 Å². The van der Waals surface area contributed by atoms with Gasteiger partial charge in [0.05, 0.1) is 18.1 Å². The van der Waals surface area contributed by atoms with Gasteiger partial charge in [0.1, 0.15) is 0 Å². The topological polar surface area (TPSA) is 47.1 Å². The smallest absolute Gasteiger partial charge is 0.0948 e. The highest BCUT2D eigenvalue weighted by Gasteiger charge is 2.33. The molecule has 0 radical (unpaired) electrons. The first-order valence-corrected chi connectivity index (χ1v) is 7.76. The minimum atomic E-state index is 0.351. The summed E-state index contributed by atoms with van der Waals surface area (Å²) >= 11 is 0. The van der Waals surface area contributed by atoms with Crippen LogP contribution in [0.15, 0.2) is 12.5 Å². The number of hydrogen-bond donors (Lipinski definition) is 1. The largest absolute Gasteiger partial charge is 0.333 e. The monoisotopic (exact) mass is 262 g/mol. The molecular formula is C15H26N4. The lowest BCUT2D eigenvalue weighted by Gasteiger charge is -2.31. The second-order valence-electron chi connectivity index (χ2n) is 6.20. The van der Waals surface area contributed by atoms with E-state index >= 15 is 0 Å². The number of aryl methyl sites for hydroxylation is 1. The molecule has 2 aliphatic carbocycles. The van der Waals surface area contributed by atoms with Crippen molar-refractivity contribution in [1.82, 2.24) is 14.5 Å². The molecule has 0 aromatic carbocycles. The van der Waals surface area contributed by atoms with E-state index in [1.54, 1.807) is 0 Å². The summed E-state index contributed by atoms with van der Waals surface area (Å²) in [6, 6.07) is 0.351. The van der Waals surface area contributed by atoms with E-state index in [1.807, 2.05) is 12.5 Å². The van der Waals surface area contributed by atoms with Gasteiger partial charge in [0, 0.05) is 32.4 Å². The van der Waals surface area contributed by atoms with Gasteiger partial charge < -0.3 is 10.3 Å². The lowest BCUT2D eigenvalue weighted by atomic mass is 10.1. The zero-order valence-electron chi connectivity index (χ0n) is 12.0. The van der Waals surface area contributed by atoms with E-state index in [0.29, 0.717) is 12.6 Å². The molecule has 0 aliphatic heterocycles. The third-order valence-corrected chi connectivity index (χ3v) is 4.47. The Bertz CT molecular complexity index is 392. The molecular weight excluding hydrogens is 236 g/mol. The van der Waals surface area contributed by atoms with Crippen LogP contribution in [0.2, 0.25) is 0 Å². The summed E-state index contributed by atoms with van der Waals surface area (Å²) in [6.45, 7) is 6.31. The summed E-state index contributed by atoms with van der Waals surface area (Å²) in [5.74, 6) is 1.84. The van der Waals surface area contributed by atoms with Gasteiger partial charge in [0.25, 0.3) is 0 Å². The first-order chi connectivity index (χ1) is 9.31. The molecule has 1 aromatic heterocycles. The fraction of sp³-hybridized carbons (Fsp3) is 0.800. The standard InChI is InChI=1S/C15H26N4/c1-2-18-11-17-8-15(18)14(7-16)19(9-12-3-4-12)10-13-5-6-13/h8,11-14H,2-7,9-10,16H2,1H3. The van der Waals surface area contributed by atoms with Gasteiger partial charge in [-0.1, -0.05) is 0 Å². The Balaban J connectivity index is 1.75. The van der Waals surface area contributed by atoms with Crippen molar-refractivity contribution in [3.63, 3.8) is 0 Å². The van der Waals surface area contributed by atoms with Crippen LogP contribution < -0.4 is 5.73 Å². The molecule has 2 aliphatic rings. The van der Waals surface area contributed by atoms with Crippen LogP contribution in [0.5, 0.6) is 0 Å². The molecule has 4 nitrogen and oxygen atoms in total. The zero-order valence-corrected chi connectivity index (χ0v) is 12.0. The van der Waals surface area contributed by atoms with Crippen LogP contribution in [-0.4, -0.2) is 34.1 Å². The molecule has 0 bridgehead atoms. The quantitative estimate of drug-likeness (QED) is 0.779. The van der Waals surface area contributed by atoms with Crippen molar-refractivity contribution >= 4 is 0 Å². The van der Waals surface area contributed by atoms with E-state index in [9.17, 15) is 0 Å². The van der Waals surface area contributed by atoms with Crippen LogP contribution >= 0.6 is 0 Å². The van der Waals surface area contributed by atoms with E-state index in [0.717, 1.165) is 18.4 Å². The predicted octanol–water partition coefficient (Wildman–Crippen LogP) is 2.02. The van der Waals surface area contributed by atoms with Crippen LogP contribution in [0.4, 0.5) is 0 Å². The minimum absolute atomic E-state index is 0.351. The van der Waals surface area contributed by atoms with E-state index in [4.69, 9.17) is 5.73 Å². The van der Waals surface area contributed by atoms with Gasteiger partial charge in [0.2, 0.25) is 0 Å². The molecule has 1 atom stereocenters. The first-order valence-electron chi connectivity index (χ1n) is 7.76. The lowest BCUT2D eigenvalue weighted by Crippen LogP contribution is -2.37. The molecule has 106 valence electrons. The summed E-state index contributed by atoms with van der Waals surface area (Å²) in [4.78, 5) is 6.95. The Morgan fingerprint density at radius 2 is 1.95 bits per heavy atom. The fourth-order valence-corrected chi connectivity index (χ4v) is 2.92. The Kier molecular flexibility index (Phi) is 3.89. The molecule has 19 heavy (non-hydrogen) atoms. The molecule has 1 aromatic rings. The SMILES string of the molecule is CCn1cncc1C(CN)N(CC1CC1)CC1CC1. The summed E-state index contributed by atoms with van der Waals surface area (Å²) < 4.78 is 2.24. The number of nitrogens with zero attached hydrogens (tertiary/aromatic N) is 3. The van der Waals surface area contributed by atoms with E-state index in [2.05, 4.69) is 21.4 Å². The predicted molar refractivity (Wildman–Crippen MR) is 76.7 cm³/mol. The van der Waals surface area contributed by atoms with Crippen molar-refractivity contribution in [3.8, 4) is 0 Å². The maximum atomic E-state index is 6.10. The molecule has 1 unspecified atom stereocenters. The maximum Gasteiger partial charge on any atom is 0.0948 e. The highest BCUT2D eigenvalue weighted by Crippen LogP contribution is 2.36. The molecule has 1 heterocycles. The normalized spacial score (nSPS) is 21.0. The van der Waals surface area contributed by atoms with Crippen LogP contribution in [0, 0.1) is 11.8 Å². The zero-order chi connectivity index (χ0) is 13.2. The molecule has 2 N–H and O–H groups in total. The maximum absolute atomic E-state index is 6.10. The summed E-state index contributed by atoms with van der Waals surface area (Å²) in [7, 11) is 0. The molecule has 0 spiro atoms. The van der Waals surface area contributed by atoms with Gasteiger partial charge in [-0.3, -0.25) is 4.90 Å². The van der Waals surface area contributed by atoms with Gasteiger partial charge in [-0.25, -0.2) is 4.98 Å². The van der Waals surface area contributed by atoms with Crippen LogP contribution in [0.25, 0.3) is 0 Å². The van der Waals surface area contributed by atoms with Crippen LogP contribution in [-0.2, 0) is 6.54 Å². The van der Waals surface area contributed by atoms with E-state index < -0.39 is 0 Å². The summed E-state index contributed by atoms with van der Waals surface area (Å²) in [6.07, 6.45) is 9.58. The van der Waals surface area contributed by atoms with Crippen molar-refractivity contribution in [3.05, 3.63) is 18.2 Å². The second kappa shape index (κ2) is 5.63. The van der Waals surface area contributed by atoms with Gasteiger partial charge in [-0.2, -0.15) is 0 Å². The molecule has 4 heteroatoms. The number of imidazole rings is 1. The highest BCUT2D eigenvalue weighted by atomic mass is 15.2. The third kappa shape index (κ3) is 3.18. The molecule has 3 rings (SSSR count). The summed E-state index contributed by atoms with van der Waals surface area (Å²) in [5, 5.41) is 0. The van der Waals surface area contributed by atoms with Gasteiger partial charge in [-0.15, -0.1) is 0 Å². The summed E-state index contributed by atoms with van der Waals surface area (Å²) in [5.41, 5.74) is 7.40. The van der Waals surface area contributed by atoms with Crippen LogP contribution in [0.3, 0.4) is 0 Å². The molecule has 0 amide bonds. The van der Waals surface area contributed by atoms with Gasteiger partial charge in [-0.05, 0) is 44.4 Å². The first kappa shape index (κ1) is 13.1. The van der Waals surface area contributed by atoms with Crippen molar-refractivity contribution in [2.45, 2.75) is 45.2 Å². The highest BCUT2D eigenvalue weighted by molar-refractivity contribution is 5.07. The van der Waals surface area contributed by atoms with E-state index in [-0.39, 0.29) is 0 Å². The lowest BCUT2D eigenvalue weighted by molar-refractivity contribution is 0.178. The number of hydrogen-bond acceptors (Lipinski definition) is 3. The number of rotatable bonds is 8. The Morgan fingerprint density at radius 3 is 2.42 bits per heavy atom. The van der Waals surface area contributed by atoms with Crippen molar-refractivity contribution in [1.29, 1.82) is 0 Å². The average Bonchev–Trinajstić information content (AvgIpc) is 3.33. The number of aromatic nitrogens is 2. The Hall–Kier alpha value is -0.870. The second-order valence-corrected chi connectivity index (χ2v) is 6.20.